The van der Waals surface area contributed by atoms with Crippen LogP contribution < -0.4 is 10.6 Å². The van der Waals surface area contributed by atoms with Gasteiger partial charge in [-0.25, -0.2) is 0 Å². The summed E-state index contributed by atoms with van der Waals surface area (Å²) in [4.78, 5) is 23.0. The maximum Gasteiger partial charge on any atom is 0.222 e. The van der Waals surface area contributed by atoms with E-state index in [0.717, 1.165) is 43.4 Å². The number of carbonyl (C=O) groups excluding carboxylic acids is 2. The van der Waals surface area contributed by atoms with Crippen molar-refractivity contribution in [2.24, 2.45) is 5.92 Å². The van der Waals surface area contributed by atoms with Gasteiger partial charge < -0.3 is 10.6 Å². The summed E-state index contributed by atoms with van der Waals surface area (Å²) in [5.74, 6) is 0.616. The topological polar surface area (TPSA) is 58.2 Å². The van der Waals surface area contributed by atoms with Crippen molar-refractivity contribution in [3.63, 3.8) is 0 Å². The molecule has 2 aliphatic rings. The van der Waals surface area contributed by atoms with Gasteiger partial charge in [0.15, 0.2) is 5.78 Å². The number of hydrogen-bond donors (Lipinski definition) is 2. The summed E-state index contributed by atoms with van der Waals surface area (Å²) < 4.78 is 0. The lowest BCUT2D eigenvalue weighted by Crippen LogP contribution is -2.37. The predicted octanol–water partition coefficient (Wildman–Crippen LogP) is 1.52. The van der Waals surface area contributed by atoms with Gasteiger partial charge in [-0.15, -0.1) is 0 Å². The molecule has 1 saturated carbocycles. The number of hydrogen-bond acceptors (Lipinski definition) is 3. The molecule has 0 atom stereocenters. The van der Waals surface area contributed by atoms with Crippen LogP contribution in [-0.2, 0) is 9.59 Å². The number of ketones is 1. The lowest BCUT2D eigenvalue weighted by atomic mass is 9.85. The Hall–Kier alpha value is -1.32. The van der Waals surface area contributed by atoms with Crippen LogP contribution in [0.3, 0.4) is 0 Å². The highest BCUT2D eigenvalue weighted by molar-refractivity contribution is 5.97. The largest absolute Gasteiger partial charge is 0.385 e. The van der Waals surface area contributed by atoms with E-state index in [2.05, 4.69) is 10.6 Å². The fourth-order valence-corrected chi connectivity index (χ4v) is 2.91. The Balaban J connectivity index is 1.84. The van der Waals surface area contributed by atoms with E-state index < -0.39 is 0 Å². The predicted molar refractivity (Wildman–Crippen MR) is 69.9 cm³/mol. The summed E-state index contributed by atoms with van der Waals surface area (Å²) in [7, 11) is 1.70. The van der Waals surface area contributed by atoms with Crippen LogP contribution in [-0.4, -0.2) is 24.8 Å². The van der Waals surface area contributed by atoms with Gasteiger partial charge in [-0.1, -0.05) is 0 Å². The lowest BCUT2D eigenvalue weighted by Gasteiger charge is -2.29. The molecule has 0 saturated heterocycles. The average Bonchev–Trinajstić information content (AvgIpc) is 2.71. The minimum Gasteiger partial charge on any atom is -0.385 e. The Morgan fingerprint density at radius 3 is 2.33 bits per heavy atom. The van der Waals surface area contributed by atoms with Crippen LogP contribution in [0.4, 0.5) is 0 Å². The number of nitrogens with one attached hydrogen (secondary N) is 2. The normalized spacial score (nSPS) is 28.4. The monoisotopic (exact) mass is 250 g/mol. The first-order chi connectivity index (χ1) is 8.61. The smallest absolute Gasteiger partial charge is 0.222 e. The number of carbonyl (C=O) groups is 2. The van der Waals surface area contributed by atoms with Crippen LogP contribution in [0.2, 0.25) is 0 Å². The molecule has 2 rings (SSSR count). The highest BCUT2D eigenvalue weighted by Gasteiger charge is 2.27. The molecule has 0 aromatic heterocycles. The Labute approximate surface area is 108 Å². The molecule has 1 amide bonds. The SMILES string of the molecule is CNC(=O)[C@H]1CC[C@@H](NC2=C(C)C(=O)CC2)CC1. The van der Waals surface area contributed by atoms with E-state index in [9.17, 15) is 9.59 Å². The van der Waals surface area contributed by atoms with E-state index >= 15 is 0 Å². The van der Waals surface area contributed by atoms with Crippen LogP contribution in [0.25, 0.3) is 0 Å². The van der Waals surface area contributed by atoms with Gasteiger partial charge in [-0.2, -0.15) is 0 Å². The molecule has 0 radical (unpaired) electrons. The summed E-state index contributed by atoms with van der Waals surface area (Å²) in [6.07, 6.45) is 5.43. The third-order valence-electron chi connectivity index (χ3n) is 4.20. The van der Waals surface area contributed by atoms with Crippen LogP contribution >= 0.6 is 0 Å². The van der Waals surface area contributed by atoms with Gasteiger partial charge in [0.05, 0.1) is 0 Å². The summed E-state index contributed by atoms with van der Waals surface area (Å²) in [5, 5.41) is 6.22. The van der Waals surface area contributed by atoms with Crippen molar-refractivity contribution < 1.29 is 9.59 Å². The van der Waals surface area contributed by atoms with Crippen molar-refractivity contribution in [2.75, 3.05) is 7.05 Å². The van der Waals surface area contributed by atoms with Gasteiger partial charge in [0.25, 0.3) is 0 Å². The van der Waals surface area contributed by atoms with E-state index in [-0.39, 0.29) is 17.6 Å². The average molecular weight is 250 g/mol. The number of allylic oxidation sites excluding steroid dienone is 2. The third kappa shape index (κ3) is 2.74. The van der Waals surface area contributed by atoms with Gasteiger partial charge in [-0.05, 0) is 39.0 Å². The summed E-state index contributed by atoms with van der Waals surface area (Å²) in [6.45, 7) is 1.91. The van der Waals surface area contributed by atoms with Crippen molar-refractivity contribution in [1.82, 2.24) is 10.6 Å². The van der Waals surface area contributed by atoms with Crippen molar-refractivity contribution in [2.45, 2.75) is 51.5 Å². The quantitative estimate of drug-likeness (QED) is 0.798. The zero-order chi connectivity index (χ0) is 13.1. The van der Waals surface area contributed by atoms with Crippen molar-refractivity contribution in [3.8, 4) is 0 Å². The van der Waals surface area contributed by atoms with Gasteiger partial charge in [0, 0.05) is 36.7 Å². The fraction of sp³-hybridized carbons (Fsp3) is 0.714. The summed E-state index contributed by atoms with van der Waals surface area (Å²) in [6, 6.07) is 0.432. The fourth-order valence-electron chi connectivity index (χ4n) is 2.91. The minimum absolute atomic E-state index is 0.167. The molecule has 0 aromatic rings. The van der Waals surface area contributed by atoms with Crippen LogP contribution in [0.15, 0.2) is 11.3 Å². The van der Waals surface area contributed by atoms with Crippen LogP contribution in [0.1, 0.15) is 45.4 Å². The van der Waals surface area contributed by atoms with E-state index in [1.165, 1.54) is 0 Å². The maximum atomic E-state index is 11.5. The molecular formula is C14H22N2O2. The molecule has 0 spiro atoms. The second-order valence-corrected chi connectivity index (χ2v) is 5.33. The van der Waals surface area contributed by atoms with E-state index in [1.807, 2.05) is 6.92 Å². The summed E-state index contributed by atoms with van der Waals surface area (Å²) in [5.41, 5.74) is 2.03. The first kappa shape index (κ1) is 13.1. The highest BCUT2D eigenvalue weighted by atomic mass is 16.1. The molecular weight excluding hydrogens is 228 g/mol. The molecule has 1 fully saturated rings. The van der Waals surface area contributed by atoms with E-state index in [1.54, 1.807) is 7.05 Å². The van der Waals surface area contributed by atoms with Crippen molar-refractivity contribution in [3.05, 3.63) is 11.3 Å². The standard InChI is InChI=1S/C14H22N2O2/c1-9-12(7-8-13(9)17)16-11-5-3-10(4-6-11)14(18)15-2/h10-11,16H,3-8H2,1-2H3,(H,15,18)/t10-,11+. The van der Waals surface area contributed by atoms with Gasteiger partial charge in [-0.3, -0.25) is 9.59 Å². The first-order valence-electron chi connectivity index (χ1n) is 6.83. The molecule has 0 aromatic carbocycles. The Bertz CT molecular complexity index is 379. The molecule has 100 valence electrons. The molecule has 4 nitrogen and oxygen atoms in total. The Kier molecular flexibility index (Phi) is 4.04. The number of amides is 1. The molecule has 2 aliphatic carbocycles. The van der Waals surface area contributed by atoms with Crippen LogP contribution in [0.5, 0.6) is 0 Å². The van der Waals surface area contributed by atoms with Gasteiger partial charge in [0.2, 0.25) is 5.91 Å². The van der Waals surface area contributed by atoms with Crippen molar-refractivity contribution in [1.29, 1.82) is 0 Å². The number of rotatable bonds is 3. The molecule has 18 heavy (non-hydrogen) atoms. The van der Waals surface area contributed by atoms with Gasteiger partial charge >= 0.3 is 0 Å². The van der Waals surface area contributed by atoms with E-state index in [0.29, 0.717) is 12.5 Å². The molecule has 0 unspecified atom stereocenters. The second-order valence-electron chi connectivity index (χ2n) is 5.33. The molecule has 0 bridgehead atoms. The van der Waals surface area contributed by atoms with Crippen molar-refractivity contribution >= 4 is 11.7 Å². The molecule has 2 N–H and O–H groups in total. The molecule has 0 aliphatic heterocycles. The lowest BCUT2D eigenvalue weighted by molar-refractivity contribution is -0.125. The molecule has 0 heterocycles. The van der Waals surface area contributed by atoms with Gasteiger partial charge in [0.1, 0.15) is 0 Å². The van der Waals surface area contributed by atoms with Crippen LogP contribution in [0, 0.1) is 5.92 Å². The first-order valence-corrected chi connectivity index (χ1v) is 6.83. The molecule has 4 heteroatoms. The highest BCUT2D eigenvalue weighted by Crippen LogP contribution is 2.27. The summed E-state index contributed by atoms with van der Waals surface area (Å²) >= 11 is 0. The maximum absolute atomic E-state index is 11.5. The zero-order valence-corrected chi connectivity index (χ0v) is 11.2. The second kappa shape index (κ2) is 5.55. The van der Waals surface area contributed by atoms with E-state index in [4.69, 9.17) is 0 Å². The Morgan fingerprint density at radius 1 is 1.17 bits per heavy atom. The zero-order valence-electron chi connectivity index (χ0n) is 11.2. The Morgan fingerprint density at radius 2 is 1.83 bits per heavy atom. The number of Topliss-reactive ketones (excluding diaryl/α,β-unsaturated/α-hetero) is 1. The third-order valence-corrected chi connectivity index (χ3v) is 4.20. The minimum atomic E-state index is 0.167.